The van der Waals surface area contributed by atoms with Gasteiger partial charge in [0.1, 0.15) is 5.82 Å². The van der Waals surface area contributed by atoms with Crippen LogP contribution in [0.3, 0.4) is 0 Å². The van der Waals surface area contributed by atoms with Crippen LogP contribution in [0.2, 0.25) is 0 Å². The summed E-state index contributed by atoms with van der Waals surface area (Å²) in [7, 11) is 1.35. The molecule has 0 saturated carbocycles. The van der Waals surface area contributed by atoms with Crippen molar-refractivity contribution in [3.63, 3.8) is 0 Å². The zero-order valence-electron chi connectivity index (χ0n) is 11.8. The minimum absolute atomic E-state index is 0.00140. The molecule has 1 unspecified atom stereocenters. The normalized spacial score (nSPS) is 18.4. The number of carbonyl (C=O) groups is 2. The highest BCUT2D eigenvalue weighted by Gasteiger charge is 2.34. The summed E-state index contributed by atoms with van der Waals surface area (Å²) < 4.78 is 4.70. The molecule has 110 valence electrons. The van der Waals surface area contributed by atoms with Gasteiger partial charge < -0.3 is 14.6 Å². The number of methoxy groups -OCH3 is 1. The van der Waals surface area contributed by atoms with Crippen molar-refractivity contribution in [3.8, 4) is 0 Å². The Balaban J connectivity index is 1.62. The monoisotopic (exact) mass is 287 g/mol. The van der Waals surface area contributed by atoms with Gasteiger partial charge in [0.2, 0.25) is 5.91 Å². The minimum atomic E-state index is -0.335. The van der Waals surface area contributed by atoms with Crippen molar-refractivity contribution in [2.24, 2.45) is 5.92 Å². The highest BCUT2D eigenvalue weighted by molar-refractivity contribution is 5.86. The van der Waals surface area contributed by atoms with E-state index >= 15 is 0 Å². The lowest BCUT2D eigenvalue weighted by Gasteiger charge is -2.15. The maximum absolute atomic E-state index is 11.9. The predicted molar refractivity (Wildman–Crippen MR) is 76.5 cm³/mol. The Hall–Kier alpha value is -2.37. The molecule has 6 nitrogen and oxygen atoms in total. The molecule has 1 atom stereocenters. The first kappa shape index (κ1) is 13.6. The van der Waals surface area contributed by atoms with Crippen molar-refractivity contribution in [3.05, 3.63) is 30.1 Å². The molecule has 1 saturated heterocycles. The summed E-state index contributed by atoms with van der Waals surface area (Å²) in [5.74, 6) is 0.208. The van der Waals surface area contributed by atoms with Gasteiger partial charge in [-0.25, -0.2) is 4.98 Å². The molecule has 0 aliphatic carbocycles. The number of carbonyl (C=O) groups excluding carboxylic acids is 2. The van der Waals surface area contributed by atoms with E-state index in [0.717, 1.165) is 16.9 Å². The number of nitrogens with zero attached hydrogens (tertiary/aromatic N) is 2. The van der Waals surface area contributed by atoms with Crippen molar-refractivity contribution >= 4 is 22.9 Å². The maximum Gasteiger partial charge on any atom is 0.310 e. The molecule has 0 spiro atoms. The summed E-state index contributed by atoms with van der Waals surface area (Å²) in [6.07, 6.45) is 0.890. The van der Waals surface area contributed by atoms with Gasteiger partial charge in [0.05, 0.1) is 24.1 Å². The van der Waals surface area contributed by atoms with Gasteiger partial charge in [-0.15, -0.1) is 0 Å². The molecule has 6 heteroatoms. The number of rotatable bonds is 4. The fourth-order valence-electron chi connectivity index (χ4n) is 2.68. The van der Waals surface area contributed by atoms with E-state index in [1.54, 1.807) is 4.90 Å². The number of esters is 1. The Bertz CT molecular complexity index is 647. The third kappa shape index (κ3) is 2.74. The summed E-state index contributed by atoms with van der Waals surface area (Å²) in [5.41, 5.74) is 1.92. The number of para-hydroxylation sites is 2. The first-order chi connectivity index (χ1) is 10.2. The minimum Gasteiger partial charge on any atom is -0.469 e. The molecule has 1 aliphatic heterocycles. The van der Waals surface area contributed by atoms with Crippen LogP contribution in [0.25, 0.3) is 11.0 Å². The fourth-order valence-corrected chi connectivity index (χ4v) is 2.68. The number of hydrogen-bond donors (Lipinski definition) is 1. The number of fused-ring (bicyclic) bond motifs is 1. The molecule has 2 aromatic rings. The van der Waals surface area contributed by atoms with Gasteiger partial charge in [-0.2, -0.15) is 0 Å². The van der Waals surface area contributed by atoms with Crippen molar-refractivity contribution in [1.82, 2.24) is 14.9 Å². The van der Waals surface area contributed by atoms with Crippen LogP contribution in [-0.2, 0) is 20.7 Å². The van der Waals surface area contributed by atoms with Gasteiger partial charge in [-0.3, -0.25) is 9.59 Å². The SMILES string of the molecule is COC(=O)C1CC(=O)N(CCc2nc3ccccc3[nH]2)C1. The van der Waals surface area contributed by atoms with Crippen molar-refractivity contribution in [2.75, 3.05) is 20.2 Å². The lowest BCUT2D eigenvalue weighted by molar-refractivity contribution is -0.145. The van der Waals surface area contributed by atoms with E-state index in [1.807, 2.05) is 24.3 Å². The second kappa shape index (κ2) is 5.55. The van der Waals surface area contributed by atoms with Crippen molar-refractivity contribution in [2.45, 2.75) is 12.8 Å². The average Bonchev–Trinajstić information content (AvgIpc) is 3.07. The summed E-state index contributed by atoms with van der Waals surface area (Å²) in [4.78, 5) is 32.8. The second-order valence-corrected chi connectivity index (χ2v) is 5.21. The Morgan fingerprint density at radius 3 is 3.05 bits per heavy atom. The molecule has 1 aromatic carbocycles. The van der Waals surface area contributed by atoms with Crippen LogP contribution >= 0.6 is 0 Å². The molecule has 2 heterocycles. The number of aromatic amines is 1. The van der Waals surface area contributed by atoms with Crippen LogP contribution in [0.5, 0.6) is 0 Å². The molecule has 0 radical (unpaired) electrons. The molecule has 1 aromatic heterocycles. The number of ether oxygens (including phenoxy) is 1. The number of H-pyrrole nitrogens is 1. The summed E-state index contributed by atoms with van der Waals surface area (Å²) in [6, 6.07) is 7.82. The summed E-state index contributed by atoms with van der Waals surface area (Å²) in [6.45, 7) is 0.998. The molecule has 0 bridgehead atoms. The number of likely N-dealkylation sites (tertiary alicyclic amines) is 1. The Labute approximate surface area is 122 Å². The van der Waals surface area contributed by atoms with Gasteiger partial charge in [0.15, 0.2) is 0 Å². The van der Waals surface area contributed by atoms with E-state index in [9.17, 15) is 9.59 Å². The van der Waals surface area contributed by atoms with E-state index in [-0.39, 0.29) is 24.2 Å². The van der Waals surface area contributed by atoms with Crippen LogP contribution in [0.4, 0.5) is 0 Å². The second-order valence-electron chi connectivity index (χ2n) is 5.21. The third-order valence-corrected chi connectivity index (χ3v) is 3.81. The Morgan fingerprint density at radius 2 is 2.29 bits per heavy atom. The maximum atomic E-state index is 11.9. The van der Waals surface area contributed by atoms with E-state index < -0.39 is 0 Å². The Kier molecular flexibility index (Phi) is 3.60. The van der Waals surface area contributed by atoms with Crippen LogP contribution < -0.4 is 0 Å². The standard InChI is InChI=1S/C15H17N3O3/c1-21-15(20)10-8-14(19)18(9-10)7-6-13-16-11-4-2-3-5-12(11)17-13/h2-5,10H,6-9H2,1H3,(H,16,17). The van der Waals surface area contributed by atoms with E-state index in [1.165, 1.54) is 7.11 Å². The largest absolute Gasteiger partial charge is 0.469 e. The van der Waals surface area contributed by atoms with Gasteiger partial charge in [0.25, 0.3) is 0 Å². The third-order valence-electron chi connectivity index (χ3n) is 3.81. The molecule has 1 N–H and O–H groups in total. The van der Waals surface area contributed by atoms with Crippen LogP contribution in [-0.4, -0.2) is 46.9 Å². The van der Waals surface area contributed by atoms with Gasteiger partial charge in [-0.05, 0) is 12.1 Å². The molecular weight excluding hydrogens is 270 g/mol. The molecular formula is C15H17N3O3. The average molecular weight is 287 g/mol. The number of nitrogens with one attached hydrogen (secondary N) is 1. The Morgan fingerprint density at radius 1 is 1.48 bits per heavy atom. The highest BCUT2D eigenvalue weighted by atomic mass is 16.5. The smallest absolute Gasteiger partial charge is 0.310 e. The van der Waals surface area contributed by atoms with E-state index in [2.05, 4.69) is 9.97 Å². The van der Waals surface area contributed by atoms with Gasteiger partial charge in [-0.1, -0.05) is 12.1 Å². The van der Waals surface area contributed by atoms with Crippen molar-refractivity contribution in [1.29, 1.82) is 0 Å². The lowest BCUT2D eigenvalue weighted by atomic mass is 10.1. The van der Waals surface area contributed by atoms with E-state index in [0.29, 0.717) is 19.5 Å². The molecule has 1 amide bonds. The molecule has 3 rings (SSSR count). The van der Waals surface area contributed by atoms with Crippen LogP contribution in [0.15, 0.2) is 24.3 Å². The van der Waals surface area contributed by atoms with Gasteiger partial charge >= 0.3 is 5.97 Å². The molecule has 21 heavy (non-hydrogen) atoms. The lowest BCUT2D eigenvalue weighted by Crippen LogP contribution is -2.29. The zero-order valence-corrected chi connectivity index (χ0v) is 11.8. The van der Waals surface area contributed by atoms with Gasteiger partial charge in [0, 0.05) is 25.9 Å². The number of benzene rings is 1. The first-order valence-electron chi connectivity index (χ1n) is 6.96. The molecule has 1 aliphatic rings. The van der Waals surface area contributed by atoms with Crippen LogP contribution in [0.1, 0.15) is 12.2 Å². The number of imidazole rings is 1. The first-order valence-corrected chi connectivity index (χ1v) is 6.96. The van der Waals surface area contributed by atoms with Crippen molar-refractivity contribution < 1.29 is 14.3 Å². The highest BCUT2D eigenvalue weighted by Crippen LogP contribution is 2.19. The number of aromatic nitrogens is 2. The summed E-state index contributed by atoms with van der Waals surface area (Å²) in [5, 5.41) is 0. The van der Waals surface area contributed by atoms with E-state index in [4.69, 9.17) is 4.74 Å². The molecule has 1 fully saturated rings. The number of hydrogen-bond acceptors (Lipinski definition) is 4. The van der Waals surface area contributed by atoms with Crippen LogP contribution in [0, 0.1) is 5.92 Å². The predicted octanol–water partition coefficient (Wildman–Crippen LogP) is 1.13. The zero-order chi connectivity index (χ0) is 14.8. The quantitative estimate of drug-likeness (QED) is 0.855. The number of amides is 1. The summed E-state index contributed by atoms with van der Waals surface area (Å²) >= 11 is 0. The fraction of sp³-hybridized carbons (Fsp3) is 0.400. The topological polar surface area (TPSA) is 75.3 Å².